The summed E-state index contributed by atoms with van der Waals surface area (Å²) in [7, 11) is 0. The highest BCUT2D eigenvalue weighted by molar-refractivity contribution is 7.99. The molecule has 1 heterocycles. The predicted octanol–water partition coefficient (Wildman–Crippen LogP) is 2.95. The van der Waals surface area contributed by atoms with Gasteiger partial charge in [-0.15, -0.1) is 0 Å². The van der Waals surface area contributed by atoms with Crippen LogP contribution in [0.25, 0.3) is 0 Å². The maximum atomic E-state index is 4.78. The summed E-state index contributed by atoms with van der Waals surface area (Å²) < 4.78 is 0.200. The molecule has 2 N–H and O–H groups in total. The molecule has 1 fully saturated rings. The normalized spacial score (nSPS) is 18.5. The molecule has 0 radical (unpaired) electrons. The lowest BCUT2D eigenvalue weighted by molar-refractivity contribution is 0.203. The van der Waals surface area contributed by atoms with E-state index < -0.39 is 0 Å². The van der Waals surface area contributed by atoms with Crippen LogP contribution in [0.3, 0.4) is 0 Å². The van der Waals surface area contributed by atoms with Crippen LogP contribution in [0.1, 0.15) is 53.4 Å². The number of nitrogens with zero attached hydrogens (tertiary/aromatic N) is 2. The first kappa shape index (κ1) is 19.6. The molecule has 1 aliphatic rings. The summed E-state index contributed by atoms with van der Waals surface area (Å²) >= 11 is 1.87. The number of rotatable bonds is 8. The van der Waals surface area contributed by atoms with E-state index in [1.54, 1.807) is 0 Å². The minimum Gasteiger partial charge on any atom is -0.357 e. The number of unbranched alkanes of at least 4 members (excludes halogenated alkanes) is 1. The molecule has 1 saturated heterocycles. The second-order valence-electron chi connectivity index (χ2n) is 6.77. The molecule has 1 aliphatic heterocycles. The Morgan fingerprint density at radius 1 is 1.27 bits per heavy atom. The van der Waals surface area contributed by atoms with E-state index in [9.17, 15) is 0 Å². The van der Waals surface area contributed by atoms with Crippen LogP contribution in [0.2, 0.25) is 0 Å². The summed E-state index contributed by atoms with van der Waals surface area (Å²) in [6.07, 6.45) is 7.22. The van der Waals surface area contributed by atoms with Crippen molar-refractivity contribution < 1.29 is 0 Å². The Kier molecular flexibility index (Phi) is 9.25. The molecule has 0 aromatic rings. The zero-order chi connectivity index (χ0) is 16.4. The van der Waals surface area contributed by atoms with Gasteiger partial charge in [-0.2, -0.15) is 11.8 Å². The number of likely N-dealkylation sites (tertiary alicyclic amines) is 1. The zero-order valence-electron chi connectivity index (χ0n) is 15.2. The van der Waals surface area contributed by atoms with Crippen LogP contribution in [0.4, 0.5) is 0 Å². The molecule has 0 spiro atoms. The van der Waals surface area contributed by atoms with Crippen LogP contribution >= 0.6 is 11.8 Å². The number of guanidine groups is 1. The fourth-order valence-corrected chi connectivity index (χ4v) is 2.72. The maximum Gasteiger partial charge on any atom is 0.191 e. The van der Waals surface area contributed by atoms with Crippen LogP contribution in [-0.4, -0.2) is 60.6 Å². The number of hydrogen-bond donors (Lipinski definition) is 2. The number of nitrogens with one attached hydrogen (secondary N) is 2. The van der Waals surface area contributed by atoms with Gasteiger partial charge in [0.15, 0.2) is 5.96 Å². The quantitative estimate of drug-likeness (QED) is 0.531. The van der Waals surface area contributed by atoms with E-state index in [1.165, 1.54) is 45.3 Å². The Labute approximate surface area is 141 Å². The molecular formula is C17H36N4S. The van der Waals surface area contributed by atoms with Gasteiger partial charge in [0.25, 0.3) is 0 Å². The monoisotopic (exact) mass is 328 g/mol. The van der Waals surface area contributed by atoms with Gasteiger partial charge in [-0.1, -0.05) is 13.3 Å². The summed E-state index contributed by atoms with van der Waals surface area (Å²) in [6.45, 7) is 14.3. The van der Waals surface area contributed by atoms with Gasteiger partial charge in [0, 0.05) is 30.4 Å². The summed E-state index contributed by atoms with van der Waals surface area (Å²) in [4.78, 5) is 7.38. The second kappa shape index (κ2) is 10.4. The standard InChI is InChI=1S/C17H36N4S/c1-6-8-11-21-12-9-15(10-13-21)20-16(18-7-2)19-14-17(3,4)22-5/h15H,6-14H2,1-5H3,(H2,18,19,20). The van der Waals surface area contributed by atoms with Crippen molar-refractivity contribution in [1.29, 1.82) is 0 Å². The molecule has 0 bridgehead atoms. The van der Waals surface area contributed by atoms with Gasteiger partial charge in [-0.25, -0.2) is 0 Å². The fraction of sp³-hybridized carbons (Fsp3) is 0.941. The van der Waals surface area contributed by atoms with Crippen molar-refractivity contribution in [1.82, 2.24) is 15.5 Å². The van der Waals surface area contributed by atoms with Crippen molar-refractivity contribution in [3.63, 3.8) is 0 Å². The SMILES string of the molecule is CCCCN1CCC(NC(=NCC(C)(C)SC)NCC)CC1. The van der Waals surface area contributed by atoms with Crippen molar-refractivity contribution in [2.75, 3.05) is 39.0 Å². The molecule has 0 unspecified atom stereocenters. The minimum atomic E-state index is 0.200. The Morgan fingerprint density at radius 3 is 2.50 bits per heavy atom. The Bertz CT molecular complexity index is 323. The molecule has 0 aromatic heterocycles. The predicted molar refractivity (Wildman–Crippen MR) is 101 cm³/mol. The van der Waals surface area contributed by atoms with Gasteiger partial charge in [0.2, 0.25) is 0 Å². The van der Waals surface area contributed by atoms with E-state index in [1.807, 2.05) is 11.8 Å². The van der Waals surface area contributed by atoms with Crippen molar-refractivity contribution in [3.05, 3.63) is 0 Å². The Balaban J connectivity index is 2.42. The summed E-state index contributed by atoms with van der Waals surface area (Å²) in [6, 6.07) is 0.563. The van der Waals surface area contributed by atoms with E-state index in [4.69, 9.17) is 4.99 Å². The number of aliphatic imine (C=N–C) groups is 1. The topological polar surface area (TPSA) is 39.7 Å². The molecule has 22 heavy (non-hydrogen) atoms. The lowest BCUT2D eigenvalue weighted by Gasteiger charge is -2.33. The number of thioether (sulfide) groups is 1. The third kappa shape index (κ3) is 7.73. The van der Waals surface area contributed by atoms with Gasteiger partial charge >= 0.3 is 0 Å². The average molecular weight is 329 g/mol. The summed E-state index contributed by atoms with van der Waals surface area (Å²) in [5.74, 6) is 0.983. The largest absolute Gasteiger partial charge is 0.357 e. The van der Waals surface area contributed by atoms with Crippen molar-refractivity contribution in [2.45, 2.75) is 64.2 Å². The van der Waals surface area contributed by atoms with Crippen LogP contribution in [0.5, 0.6) is 0 Å². The highest BCUT2D eigenvalue weighted by Gasteiger charge is 2.20. The Morgan fingerprint density at radius 2 is 1.95 bits per heavy atom. The molecular weight excluding hydrogens is 292 g/mol. The van der Waals surface area contributed by atoms with Gasteiger partial charge < -0.3 is 15.5 Å². The smallest absolute Gasteiger partial charge is 0.191 e. The fourth-order valence-electron chi connectivity index (χ4n) is 2.53. The summed E-state index contributed by atoms with van der Waals surface area (Å²) in [5.41, 5.74) is 0. The van der Waals surface area contributed by atoms with Crippen molar-refractivity contribution in [2.24, 2.45) is 4.99 Å². The number of piperidine rings is 1. The van der Waals surface area contributed by atoms with Crippen molar-refractivity contribution in [3.8, 4) is 0 Å². The maximum absolute atomic E-state index is 4.78. The molecule has 0 aromatic carbocycles. The number of hydrogen-bond acceptors (Lipinski definition) is 3. The second-order valence-corrected chi connectivity index (χ2v) is 8.29. The molecule has 4 nitrogen and oxygen atoms in total. The van der Waals surface area contributed by atoms with E-state index >= 15 is 0 Å². The highest BCUT2D eigenvalue weighted by Crippen LogP contribution is 2.21. The van der Waals surface area contributed by atoms with Gasteiger partial charge in [0.1, 0.15) is 0 Å². The first-order chi connectivity index (χ1) is 10.5. The van der Waals surface area contributed by atoms with Gasteiger partial charge in [0.05, 0.1) is 6.54 Å². The van der Waals surface area contributed by atoms with E-state index in [0.717, 1.165) is 19.0 Å². The zero-order valence-corrected chi connectivity index (χ0v) is 16.1. The minimum absolute atomic E-state index is 0.200. The summed E-state index contributed by atoms with van der Waals surface area (Å²) in [5, 5.41) is 7.02. The van der Waals surface area contributed by atoms with Gasteiger partial charge in [-0.3, -0.25) is 4.99 Å². The molecule has 1 rings (SSSR count). The van der Waals surface area contributed by atoms with Crippen LogP contribution in [0.15, 0.2) is 4.99 Å². The Hall–Kier alpha value is -0.420. The average Bonchev–Trinajstić information content (AvgIpc) is 2.52. The lowest BCUT2D eigenvalue weighted by atomic mass is 10.0. The third-order valence-corrected chi connectivity index (χ3v) is 5.51. The van der Waals surface area contributed by atoms with E-state index in [-0.39, 0.29) is 4.75 Å². The van der Waals surface area contributed by atoms with Gasteiger partial charge in [-0.05, 0) is 52.8 Å². The molecule has 0 atom stereocenters. The van der Waals surface area contributed by atoms with Crippen molar-refractivity contribution >= 4 is 17.7 Å². The molecule has 0 amide bonds. The third-order valence-electron chi connectivity index (χ3n) is 4.27. The van der Waals surface area contributed by atoms with E-state index in [2.05, 4.69) is 49.5 Å². The molecule has 130 valence electrons. The van der Waals surface area contributed by atoms with E-state index in [0.29, 0.717) is 6.04 Å². The highest BCUT2D eigenvalue weighted by atomic mass is 32.2. The van der Waals surface area contributed by atoms with Crippen LogP contribution < -0.4 is 10.6 Å². The first-order valence-corrected chi connectivity index (χ1v) is 10.1. The van der Waals surface area contributed by atoms with Crippen LogP contribution in [0, 0.1) is 0 Å². The molecule has 0 saturated carbocycles. The van der Waals surface area contributed by atoms with Crippen LogP contribution in [-0.2, 0) is 0 Å². The molecule has 5 heteroatoms. The lowest BCUT2D eigenvalue weighted by Crippen LogP contribution is -2.49. The first-order valence-electron chi connectivity index (χ1n) is 8.83. The molecule has 0 aliphatic carbocycles.